The Bertz CT molecular complexity index is 225. The van der Waals surface area contributed by atoms with E-state index < -0.39 is 5.97 Å². The van der Waals surface area contributed by atoms with Gasteiger partial charge in [-0.25, -0.2) is 0 Å². The lowest BCUT2D eigenvalue weighted by molar-refractivity contribution is -0.144. The van der Waals surface area contributed by atoms with Crippen LogP contribution >= 0.6 is 0 Å². The van der Waals surface area contributed by atoms with Crippen molar-refractivity contribution in [2.75, 3.05) is 0 Å². The second-order valence-corrected chi connectivity index (χ2v) is 4.93. The molecule has 0 aliphatic carbocycles. The molecule has 2 unspecified atom stereocenters. The summed E-state index contributed by atoms with van der Waals surface area (Å²) in [6.07, 6.45) is 4.13. The van der Waals surface area contributed by atoms with Gasteiger partial charge in [0.05, 0.1) is 5.92 Å². The van der Waals surface area contributed by atoms with Crippen molar-refractivity contribution in [2.45, 2.75) is 57.7 Å². The predicted octanol–water partition coefficient (Wildman–Crippen LogP) is 1.72. The van der Waals surface area contributed by atoms with Crippen LogP contribution in [0.3, 0.4) is 0 Å². The summed E-state index contributed by atoms with van der Waals surface area (Å²) in [4.78, 5) is 13.5. The van der Waals surface area contributed by atoms with Crippen molar-refractivity contribution in [2.24, 2.45) is 5.92 Å². The average Bonchev–Trinajstić information content (AvgIpc) is 2.37. The quantitative estimate of drug-likeness (QED) is 0.732. The maximum atomic E-state index is 10.9. The summed E-state index contributed by atoms with van der Waals surface area (Å²) in [5.74, 6) is -0.673. The molecule has 0 aromatic rings. The molecule has 0 amide bonds. The molecule has 0 aromatic heterocycles. The SMILES string of the molecule is CC(C)N1C2CCC1CC(C(=O)O)C2. The Morgan fingerprint density at radius 1 is 1.29 bits per heavy atom. The Morgan fingerprint density at radius 2 is 1.79 bits per heavy atom. The van der Waals surface area contributed by atoms with Crippen molar-refractivity contribution in [1.82, 2.24) is 4.90 Å². The van der Waals surface area contributed by atoms with Crippen molar-refractivity contribution >= 4 is 5.97 Å². The summed E-state index contributed by atoms with van der Waals surface area (Å²) in [6, 6.07) is 1.65. The van der Waals surface area contributed by atoms with Crippen molar-refractivity contribution < 1.29 is 9.90 Å². The van der Waals surface area contributed by atoms with Gasteiger partial charge in [-0.05, 0) is 39.5 Å². The molecule has 3 nitrogen and oxygen atoms in total. The van der Waals surface area contributed by atoms with Gasteiger partial charge in [-0.2, -0.15) is 0 Å². The summed E-state index contributed by atoms with van der Waals surface area (Å²) in [5, 5.41) is 9.01. The highest BCUT2D eigenvalue weighted by atomic mass is 16.4. The maximum absolute atomic E-state index is 10.9. The van der Waals surface area contributed by atoms with Crippen molar-refractivity contribution in [3.63, 3.8) is 0 Å². The van der Waals surface area contributed by atoms with E-state index in [0.29, 0.717) is 18.1 Å². The van der Waals surface area contributed by atoms with Gasteiger partial charge in [-0.1, -0.05) is 0 Å². The molecule has 2 atom stereocenters. The van der Waals surface area contributed by atoms with Gasteiger partial charge in [0.15, 0.2) is 0 Å². The standard InChI is InChI=1S/C11H19NO2/c1-7(2)12-9-3-4-10(12)6-8(5-9)11(13)14/h7-10H,3-6H2,1-2H3,(H,13,14). The highest BCUT2D eigenvalue weighted by molar-refractivity contribution is 5.70. The van der Waals surface area contributed by atoms with Crippen LogP contribution in [-0.4, -0.2) is 34.1 Å². The van der Waals surface area contributed by atoms with Gasteiger partial charge in [0, 0.05) is 18.1 Å². The minimum atomic E-state index is -0.592. The Kier molecular flexibility index (Phi) is 2.52. The molecular weight excluding hydrogens is 178 g/mol. The van der Waals surface area contributed by atoms with Gasteiger partial charge in [0.25, 0.3) is 0 Å². The Labute approximate surface area is 85.1 Å². The molecule has 0 radical (unpaired) electrons. The first kappa shape index (κ1) is 9.97. The Balaban J connectivity index is 2.08. The van der Waals surface area contributed by atoms with E-state index in [1.54, 1.807) is 0 Å². The molecular formula is C11H19NO2. The van der Waals surface area contributed by atoms with E-state index in [2.05, 4.69) is 18.7 Å². The van der Waals surface area contributed by atoms with Gasteiger partial charge in [-0.3, -0.25) is 9.69 Å². The summed E-state index contributed by atoms with van der Waals surface area (Å²) < 4.78 is 0. The highest BCUT2D eigenvalue weighted by Gasteiger charge is 2.43. The fourth-order valence-electron chi connectivity index (χ4n) is 3.26. The lowest BCUT2D eigenvalue weighted by Crippen LogP contribution is -2.48. The lowest BCUT2D eigenvalue weighted by Gasteiger charge is -2.40. The zero-order chi connectivity index (χ0) is 10.3. The van der Waals surface area contributed by atoms with Gasteiger partial charge in [-0.15, -0.1) is 0 Å². The van der Waals surface area contributed by atoms with Crippen LogP contribution in [0.15, 0.2) is 0 Å². The summed E-state index contributed by atoms with van der Waals surface area (Å²) in [7, 11) is 0. The summed E-state index contributed by atoms with van der Waals surface area (Å²) >= 11 is 0. The molecule has 2 aliphatic heterocycles. The molecule has 2 saturated heterocycles. The molecule has 2 aliphatic rings. The van der Waals surface area contributed by atoms with E-state index in [0.717, 1.165) is 12.8 Å². The van der Waals surface area contributed by atoms with Gasteiger partial charge in [0.1, 0.15) is 0 Å². The van der Waals surface area contributed by atoms with Crippen molar-refractivity contribution in [1.29, 1.82) is 0 Å². The molecule has 1 N–H and O–H groups in total. The molecule has 0 saturated carbocycles. The van der Waals surface area contributed by atoms with Crippen LogP contribution in [0.5, 0.6) is 0 Å². The highest BCUT2D eigenvalue weighted by Crippen LogP contribution is 2.39. The smallest absolute Gasteiger partial charge is 0.306 e. The molecule has 2 rings (SSSR count). The molecule has 14 heavy (non-hydrogen) atoms. The minimum Gasteiger partial charge on any atom is -0.481 e. The van der Waals surface area contributed by atoms with E-state index in [4.69, 9.17) is 5.11 Å². The van der Waals surface area contributed by atoms with Crippen LogP contribution in [0, 0.1) is 5.92 Å². The first-order chi connectivity index (χ1) is 6.59. The first-order valence-electron chi connectivity index (χ1n) is 5.60. The molecule has 80 valence electrons. The molecule has 3 heteroatoms. The Morgan fingerprint density at radius 3 is 2.14 bits per heavy atom. The zero-order valence-corrected chi connectivity index (χ0v) is 8.94. The number of fused-ring (bicyclic) bond motifs is 2. The van der Waals surface area contributed by atoms with Crippen molar-refractivity contribution in [3.05, 3.63) is 0 Å². The number of carboxylic acid groups (broad SMARTS) is 1. The minimum absolute atomic E-state index is 0.0810. The molecule has 0 aromatic carbocycles. The number of hydrogen-bond donors (Lipinski definition) is 1. The number of nitrogens with zero attached hydrogens (tertiary/aromatic N) is 1. The van der Waals surface area contributed by atoms with Crippen LogP contribution in [0.25, 0.3) is 0 Å². The fourth-order valence-corrected chi connectivity index (χ4v) is 3.26. The Hall–Kier alpha value is -0.570. The third-order valence-corrected chi connectivity index (χ3v) is 3.74. The van der Waals surface area contributed by atoms with Crippen LogP contribution in [-0.2, 0) is 4.79 Å². The predicted molar refractivity (Wildman–Crippen MR) is 54.1 cm³/mol. The van der Waals surface area contributed by atoms with Crippen LogP contribution in [0.2, 0.25) is 0 Å². The topological polar surface area (TPSA) is 40.5 Å². The van der Waals surface area contributed by atoms with Crippen molar-refractivity contribution in [3.8, 4) is 0 Å². The molecule has 2 bridgehead atoms. The maximum Gasteiger partial charge on any atom is 0.306 e. The number of rotatable bonds is 2. The van der Waals surface area contributed by atoms with Crippen LogP contribution in [0.1, 0.15) is 39.5 Å². The number of hydrogen-bond acceptors (Lipinski definition) is 2. The van der Waals surface area contributed by atoms with E-state index in [1.165, 1.54) is 12.8 Å². The van der Waals surface area contributed by atoms with E-state index in [9.17, 15) is 4.79 Å². The number of piperidine rings is 1. The second-order valence-electron chi connectivity index (χ2n) is 4.93. The average molecular weight is 197 g/mol. The number of carboxylic acids is 1. The molecule has 2 fully saturated rings. The zero-order valence-electron chi connectivity index (χ0n) is 8.94. The van der Waals surface area contributed by atoms with Gasteiger partial charge < -0.3 is 5.11 Å². The van der Waals surface area contributed by atoms with Gasteiger partial charge >= 0.3 is 5.97 Å². The van der Waals surface area contributed by atoms with E-state index in [1.807, 2.05) is 0 Å². The third kappa shape index (κ3) is 1.54. The molecule has 2 heterocycles. The van der Waals surface area contributed by atoms with E-state index >= 15 is 0 Å². The summed E-state index contributed by atoms with van der Waals surface area (Å²) in [5.41, 5.74) is 0. The summed E-state index contributed by atoms with van der Waals surface area (Å²) in [6.45, 7) is 4.43. The van der Waals surface area contributed by atoms with E-state index in [-0.39, 0.29) is 5.92 Å². The normalized spacial score (nSPS) is 37.8. The largest absolute Gasteiger partial charge is 0.481 e. The number of carbonyl (C=O) groups is 1. The van der Waals surface area contributed by atoms with Crippen LogP contribution in [0.4, 0.5) is 0 Å². The lowest BCUT2D eigenvalue weighted by atomic mass is 9.90. The second kappa shape index (κ2) is 3.54. The first-order valence-corrected chi connectivity index (χ1v) is 5.60. The number of aliphatic carboxylic acids is 1. The van der Waals surface area contributed by atoms with Gasteiger partial charge in [0.2, 0.25) is 0 Å². The fraction of sp³-hybridized carbons (Fsp3) is 0.909. The molecule has 0 spiro atoms. The van der Waals surface area contributed by atoms with Crippen LogP contribution < -0.4 is 0 Å². The monoisotopic (exact) mass is 197 g/mol. The third-order valence-electron chi connectivity index (χ3n) is 3.74.